The number of hydrogen-bond donors (Lipinski definition) is 1. The molecule has 3 nitrogen and oxygen atoms in total. The van der Waals surface area contributed by atoms with Crippen molar-refractivity contribution < 1.29 is 9.47 Å². The highest BCUT2D eigenvalue weighted by molar-refractivity contribution is 4.73. The summed E-state index contributed by atoms with van der Waals surface area (Å²) in [5, 5.41) is 3.62. The highest BCUT2D eigenvalue weighted by atomic mass is 16.5. The lowest BCUT2D eigenvalue weighted by molar-refractivity contribution is 0.0488. The molecule has 1 N–H and O–H groups in total. The molecule has 1 saturated heterocycles. The van der Waals surface area contributed by atoms with E-state index in [1.54, 1.807) is 0 Å². The molecule has 0 bridgehead atoms. The van der Waals surface area contributed by atoms with Crippen LogP contribution in [-0.2, 0) is 9.47 Å². The molecule has 2 atom stereocenters. The van der Waals surface area contributed by atoms with Gasteiger partial charge < -0.3 is 14.8 Å². The SMILES string of the molecule is CCOCC(NCC1CCCOC1)C(C)C. The minimum atomic E-state index is 0.474. The van der Waals surface area contributed by atoms with Crippen LogP contribution >= 0.6 is 0 Å². The van der Waals surface area contributed by atoms with Gasteiger partial charge in [-0.1, -0.05) is 13.8 Å². The van der Waals surface area contributed by atoms with Crippen LogP contribution in [0, 0.1) is 11.8 Å². The maximum atomic E-state index is 5.50. The highest BCUT2D eigenvalue weighted by Crippen LogP contribution is 2.13. The third kappa shape index (κ3) is 5.28. The molecular weight excluding hydrogens is 202 g/mol. The van der Waals surface area contributed by atoms with Gasteiger partial charge in [0.05, 0.1) is 13.2 Å². The van der Waals surface area contributed by atoms with Crippen LogP contribution in [0.25, 0.3) is 0 Å². The Bertz CT molecular complexity index is 167. The predicted octanol–water partition coefficient (Wildman–Crippen LogP) is 2.06. The first-order valence-electron chi connectivity index (χ1n) is 6.63. The number of nitrogens with one attached hydrogen (secondary N) is 1. The van der Waals surface area contributed by atoms with Crippen molar-refractivity contribution in [1.82, 2.24) is 5.32 Å². The molecule has 1 heterocycles. The van der Waals surface area contributed by atoms with Crippen molar-refractivity contribution in [2.45, 2.75) is 39.7 Å². The Hall–Kier alpha value is -0.120. The van der Waals surface area contributed by atoms with Gasteiger partial charge in [0.1, 0.15) is 0 Å². The molecule has 1 aliphatic rings. The molecule has 2 unspecified atom stereocenters. The summed E-state index contributed by atoms with van der Waals surface area (Å²) in [7, 11) is 0. The minimum Gasteiger partial charge on any atom is -0.381 e. The molecule has 3 heteroatoms. The van der Waals surface area contributed by atoms with Crippen molar-refractivity contribution in [2.75, 3.05) is 33.0 Å². The molecular formula is C13H27NO2. The van der Waals surface area contributed by atoms with Crippen LogP contribution in [0.5, 0.6) is 0 Å². The maximum Gasteiger partial charge on any atom is 0.0621 e. The second-order valence-corrected chi connectivity index (χ2v) is 5.00. The Morgan fingerprint density at radius 2 is 2.25 bits per heavy atom. The van der Waals surface area contributed by atoms with Crippen LogP contribution in [0.2, 0.25) is 0 Å². The smallest absolute Gasteiger partial charge is 0.0621 e. The molecule has 0 radical (unpaired) electrons. The summed E-state index contributed by atoms with van der Waals surface area (Å²) in [6.45, 7) is 11.1. The third-order valence-electron chi connectivity index (χ3n) is 3.23. The van der Waals surface area contributed by atoms with E-state index in [2.05, 4.69) is 19.2 Å². The van der Waals surface area contributed by atoms with Gasteiger partial charge in [-0.2, -0.15) is 0 Å². The fraction of sp³-hybridized carbons (Fsp3) is 1.00. The third-order valence-corrected chi connectivity index (χ3v) is 3.23. The van der Waals surface area contributed by atoms with Crippen LogP contribution in [0.1, 0.15) is 33.6 Å². The normalized spacial score (nSPS) is 23.6. The molecule has 16 heavy (non-hydrogen) atoms. The van der Waals surface area contributed by atoms with Crippen molar-refractivity contribution in [3.05, 3.63) is 0 Å². The molecule has 1 rings (SSSR count). The van der Waals surface area contributed by atoms with Crippen molar-refractivity contribution in [3.8, 4) is 0 Å². The van der Waals surface area contributed by atoms with Gasteiger partial charge in [0.2, 0.25) is 0 Å². The van der Waals surface area contributed by atoms with Gasteiger partial charge >= 0.3 is 0 Å². The summed E-state index contributed by atoms with van der Waals surface area (Å²) in [6.07, 6.45) is 2.51. The topological polar surface area (TPSA) is 30.5 Å². The van der Waals surface area contributed by atoms with Gasteiger partial charge in [0.25, 0.3) is 0 Å². The average Bonchev–Trinajstić information content (AvgIpc) is 2.30. The van der Waals surface area contributed by atoms with Crippen molar-refractivity contribution in [2.24, 2.45) is 11.8 Å². The molecule has 0 aromatic rings. The maximum absolute atomic E-state index is 5.50. The van der Waals surface area contributed by atoms with Gasteiger partial charge in [-0.25, -0.2) is 0 Å². The molecule has 0 aromatic carbocycles. The van der Waals surface area contributed by atoms with E-state index in [-0.39, 0.29) is 0 Å². The summed E-state index contributed by atoms with van der Waals surface area (Å²) in [6, 6.07) is 0.474. The number of ether oxygens (including phenoxy) is 2. The molecule has 0 aromatic heterocycles. The van der Waals surface area contributed by atoms with Crippen molar-refractivity contribution >= 4 is 0 Å². The first kappa shape index (κ1) is 13.9. The Balaban J connectivity index is 2.19. The fourth-order valence-corrected chi connectivity index (χ4v) is 2.02. The van der Waals surface area contributed by atoms with E-state index in [0.717, 1.165) is 33.0 Å². The quantitative estimate of drug-likeness (QED) is 0.725. The lowest BCUT2D eigenvalue weighted by Crippen LogP contribution is -2.42. The van der Waals surface area contributed by atoms with E-state index in [4.69, 9.17) is 9.47 Å². The molecule has 0 saturated carbocycles. The molecule has 0 spiro atoms. The standard InChI is InChI=1S/C13H27NO2/c1-4-15-10-13(11(2)3)14-8-12-6-5-7-16-9-12/h11-14H,4-10H2,1-3H3. The largest absolute Gasteiger partial charge is 0.381 e. The summed E-state index contributed by atoms with van der Waals surface area (Å²) >= 11 is 0. The van der Waals surface area contributed by atoms with E-state index < -0.39 is 0 Å². The molecule has 1 fully saturated rings. The highest BCUT2D eigenvalue weighted by Gasteiger charge is 2.17. The van der Waals surface area contributed by atoms with Crippen LogP contribution in [0.15, 0.2) is 0 Å². The lowest BCUT2D eigenvalue weighted by atomic mass is 10.00. The molecule has 1 aliphatic heterocycles. The van der Waals surface area contributed by atoms with Crippen molar-refractivity contribution in [3.63, 3.8) is 0 Å². The lowest BCUT2D eigenvalue weighted by Gasteiger charge is -2.27. The molecule has 0 aliphatic carbocycles. The Labute approximate surface area is 99.9 Å². The van der Waals surface area contributed by atoms with Gasteiger partial charge in [0.15, 0.2) is 0 Å². The Morgan fingerprint density at radius 1 is 1.44 bits per heavy atom. The number of rotatable bonds is 7. The Kier molecular flexibility index (Phi) is 7.01. The summed E-state index contributed by atoms with van der Waals surface area (Å²) in [4.78, 5) is 0. The number of hydrogen-bond acceptors (Lipinski definition) is 3. The summed E-state index contributed by atoms with van der Waals surface area (Å²) < 4.78 is 11.0. The predicted molar refractivity (Wildman–Crippen MR) is 66.7 cm³/mol. The average molecular weight is 229 g/mol. The van der Waals surface area contributed by atoms with Crippen LogP contribution in [0.4, 0.5) is 0 Å². The van der Waals surface area contributed by atoms with Crippen LogP contribution in [-0.4, -0.2) is 39.0 Å². The first-order chi connectivity index (χ1) is 7.74. The van der Waals surface area contributed by atoms with E-state index in [0.29, 0.717) is 17.9 Å². The first-order valence-corrected chi connectivity index (χ1v) is 6.63. The van der Waals surface area contributed by atoms with Crippen molar-refractivity contribution in [1.29, 1.82) is 0 Å². The second kappa shape index (κ2) is 8.04. The van der Waals surface area contributed by atoms with Gasteiger partial charge in [-0.15, -0.1) is 0 Å². The zero-order valence-electron chi connectivity index (χ0n) is 11.0. The minimum absolute atomic E-state index is 0.474. The molecule has 96 valence electrons. The summed E-state index contributed by atoms with van der Waals surface area (Å²) in [5.74, 6) is 1.31. The van der Waals surface area contributed by atoms with E-state index in [1.807, 2.05) is 6.92 Å². The Morgan fingerprint density at radius 3 is 2.81 bits per heavy atom. The fourth-order valence-electron chi connectivity index (χ4n) is 2.02. The molecule has 0 amide bonds. The zero-order chi connectivity index (χ0) is 11.8. The van der Waals surface area contributed by atoms with E-state index in [1.165, 1.54) is 12.8 Å². The van der Waals surface area contributed by atoms with E-state index >= 15 is 0 Å². The zero-order valence-corrected chi connectivity index (χ0v) is 11.0. The van der Waals surface area contributed by atoms with Gasteiger partial charge in [-0.05, 0) is 31.6 Å². The van der Waals surface area contributed by atoms with Gasteiger partial charge in [0, 0.05) is 25.8 Å². The summed E-state index contributed by atoms with van der Waals surface area (Å²) in [5.41, 5.74) is 0. The monoisotopic (exact) mass is 229 g/mol. The van der Waals surface area contributed by atoms with Crippen LogP contribution < -0.4 is 5.32 Å². The van der Waals surface area contributed by atoms with Crippen LogP contribution in [0.3, 0.4) is 0 Å². The van der Waals surface area contributed by atoms with Gasteiger partial charge in [-0.3, -0.25) is 0 Å². The second-order valence-electron chi connectivity index (χ2n) is 5.00. The van der Waals surface area contributed by atoms with E-state index in [9.17, 15) is 0 Å².